The van der Waals surface area contributed by atoms with Gasteiger partial charge in [-0.05, 0) is 50.3 Å². The third kappa shape index (κ3) is 3.35. The highest BCUT2D eigenvalue weighted by Crippen LogP contribution is 2.23. The third-order valence-electron chi connectivity index (χ3n) is 4.01. The van der Waals surface area contributed by atoms with Crippen molar-refractivity contribution < 1.29 is 9.59 Å². The van der Waals surface area contributed by atoms with Crippen molar-refractivity contribution in [2.75, 3.05) is 11.9 Å². The Morgan fingerprint density at radius 2 is 2.05 bits per heavy atom. The van der Waals surface area contributed by atoms with E-state index >= 15 is 0 Å². The molecule has 1 aromatic rings. The number of rotatable bonds is 3. The van der Waals surface area contributed by atoms with Gasteiger partial charge in [0, 0.05) is 18.3 Å². The van der Waals surface area contributed by atoms with E-state index in [2.05, 4.69) is 10.6 Å². The Balaban J connectivity index is 1.63. The molecule has 5 nitrogen and oxygen atoms in total. The van der Waals surface area contributed by atoms with Gasteiger partial charge in [0.25, 0.3) is 0 Å². The molecule has 1 aliphatic carbocycles. The van der Waals surface area contributed by atoms with E-state index in [1.165, 1.54) is 0 Å². The fourth-order valence-electron chi connectivity index (χ4n) is 2.73. The predicted molar refractivity (Wildman–Crippen MR) is 81.1 cm³/mol. The van der Waals surface area contributed by atoms with Crippen molar-refractivity contribution in [3.05, 3.63) is 29.8 Å². The minimum Gasteiger partial charge on any atom is -0.352 e. The van der Waals surface area contributed by atoms with Crippen molar-refractivity contribution in [3.8, 4) is 0 Å². The number of likely N-dealkylation sites (tertiary alicyclic amines) is 1. The maximum absolute atomic E-state index is 12.4. The molecular formula is C16H21N3O2. The average Bonchev–Trinajstić information content (AvgIpc) is 3.11. The molecule has 1 heterocycles. The van der Waals surface area contributed by atoms with Crippen LogP contribution in [-0.4, -0.2) is 35.5 Å². The van der Waals surface area contributed by atoms with E-state index in [-0.39, 0.29) is 18.0 Å². The molecule has 2 N–H and O–H groups in total. The number of hydrogen-bond donors (Lipinski definition) is 2. The lowest BCUT2D eigenvalue weighted by Gasteiger charge is -2.24. The fraction of sp³-hybridized carbons (Fsp3) is 0.500. The summed E-state index contributed by atoms with van der Waals surface area (Å²) in [6.07, 6.45) is 3.76. The van der Waals surface area contributed by atoms with Gasteiger partial charge in [0.15, 0.2) is 0 Å². The fourth-order valence-corrected chi connectivity index (χ4v) is 2.73. The maximum atomic E-state index is 12.4. The number of carbonyl (C=O) groups is 2. The molecule has 1 atom stereocenters. The second-order valence-electron chi connectivity index (χ2n) is 5.93. The Bertz CT molecular complexity index is 554. The molecule has 21 heavy (non-hydrogen) atoms. The summed E-state index contributed by atoms with van der Waals surface area (Å²) in [5, 5.41) is 5.88. The van der Waals surface area contributed by atoms with E-state index in [0.717, 1.165) is 36.9 Å². The SMILES string of the molecule is Cc1cccc(NC(=O)N2CCC[C@@H]2C(=O)NC2CC2)c1. The number of carbonyl (C=O) groups excluding carboxylic acids is 2. The van der Waals surface area contributed by atoms with E-state index < -0.39 is 0 Å². The minimum atomic E-state index is -0.324. The Hall–Kier alpha value is -2.04. The lowest BCUT2D eigenvalue weighted by Crippen LogP contribution is -2.48. The normalized spacial score (nSPS) is 21.2. The number of aryl methyl sites for hydroxylation is 1. The van der Waals surface area contributed by atoms with Crippen molar-refractivity contribution >= 4 is 17.6 Å². The van der Waals surface area contributed by atoms with Crippen LogP contribution in [0.5, 0.6) is 0 Å². The first kappa shape index (κ1) is 13.9. The Labute approximate surface area is 124 Å². The monoisotopic (exact) mass is 287 g/mol. The highest BCUT2D eigenvalue weighted by Gasteiger charge is 2.36. The number of anilines is 1. The molecule has 1 saturated carbocycles. The van der Waals surface area contributed by atoms with E-state index in [9.17, 15) is 9.59 Å². The molecule has 0 aromatic heterocycles. The molecule has 0 spiro atoms. The number of amides is 3. The minimum absolute atomic E-state index is 0.00519. The second kappa shape index (κ2) is 5.76. The summed E-state index contributed by atoms with van der Waals surface area (Å²) in [6.45, 7) is 2.62. The molecule has 0 radical (unpaired) electrons. The Morgan fingerprint density at radius 3 is 2.76 bits per heavy atom. The molecule has 2 aliphatic rings. The molecular weight excluding hydrogens is 266 g/mol. The van der Waals surface area contributed by atoms with E-state index in [1.807, 2.05) is 31.2 Å². The highest BCUT2D eigenvalue weighted by molar-refractivity contribution is 5.94. The smallest absolute Gasteiger partial charge is 0.322 e. The first-order chi connectivity index (χ1) is 10.1. The molecule has 0 unspecified atom stereocenters. The van der Waals surface area contributed by atoms with Crippen LogP contribution in [0.3, 0.4) is 0 Å². The maximum Gasteiger partial charge on any atom is 0.322 e. The van der Waals surface area contributed by atoms with E-state index in [4.69, 9.17) is 0 Å². The van der Waals surface area contributed by atoms with Crippen LogP contribution in [0.25, 0.3) is 0 Å². The van der Waals surface area contributed by atoms with Gasteiger partial charge in [-0.2, -0.15) is 0 Å². The summed E-state index contributed by atoms with van der Waals surface area (Å²) in [4.78, 5) is 26.2. The lowest BCUT2D eigenvalue weighted by atomic mass is 10.2. The van der Waals surface area contributed by atoms with E-state index in [0.29, 0.717) is 12.6 Å². The van der Waals surface area contributed by atoms with Crippen LogP contribution in [0.15, 0.2) is 24.3 Å². The number of urea groups is 1. The molecule has 3 amide bonds. The molecule has 1 saturated heterocycles. The third-order valence-corrected chi connectivity index (χ3v) is 4.01. The Morgan fingerprint density at radius 1 is 1.24 bits per heavy atom. The zero-order valence-electron chi connectivity index (χ0n) is 12.3. The second-order valence-corrected chi connectivity index (χ2v) is 5.93. The summed E-state index contributed by atoms with van der Waals surface area (Å²) in [6, 6.07) is 7.50. The number of nitrogens with one attached hydrogen (secondary N) is 2. The van der Waals surface area contributed by atoms with Gasteiger partial charge in [0.2, 0.25) is 5.91 Å². The molecule has 5 heteroatoms. The summed E-state index contributed by atoms with van der Waals surface area (Å²) < 4.78 is 0. The van der Waals surface area contributed by atoms with Crippen LogP contribution >= 0.6 is 0 Å². The lowest BCUT2D eigenvalue weighted by molar-refractivity contribution is -0.124. The topological polar surface area (TPSA) is 61.4 Å². The van der Waals surface area contributed by atoms with Crippen molar-refractivity contribution in [2.45, 2.75) is 44.7 Å². The number of benzene rings is 1. The van der Waals surface area contributed by atoms with Gasteiger partial charge < -0.3 is 15.5 Å². The molecule has 0 bridgehead atoms. The van der Waals surface area contributed by atoms with Crippen LogP contribution in [-0.2, 0) is 4.79 Å². The van der Waals surface area contributed by atoms with Gasteiger partial charge in [-0.1, -0.05) is 12.1 Å². The average molecular weight is 287 g/mol. The summed E-state index contributed by atoms with van der Waals surface area (Å²) in [7, 11) is 0. The number of nitrogens with zero attached hydrogens (tertiary/aromatic N) is 1. The van der Waals surface area contributed by atoms with Crippen LogP contribution in [0.1, 0.15) is 31.2 Å². The van der Waals surface area contributed by atoms with Gasteiger partial charge in [-0.25, -0.2) is 4.79 Å². The van der Waals surface area contributed by atoms with Crippen molar-refractivity contribution in [2.24, 2.45) is 0 Å². The highest BCUT2D eigenvalue weighted by atomic mass is 16.2. The van der Waals surface area contributed by atoms with Gasteiger partial charge in [-0.15, -0.1) is 0 Å². The first-order valence-electron chi connectivity index (χ1n) is 7.58. The standard InChI is InChI=1S/C16H21N3O2/c1-11-4-2-5-13(10-11)18-16(21)19-9-3-6-14(19)15(20)17-12-7-8-12/h2,4-5,10,12,14H,3,6-9H2,1H3,(H,17,20)(H,18,21)/t14-/m1/s1. The number of hydrogen-bond acceptors (Lipinski definition) is 2. The van der Waals surface area contributed by atoms with Crippen molar-refractivity contribution in [1.82, 2.24) is 10.2 Å². The largest absolute Gasteiger partial charge is 0.352 e. The summed E-state index contributed by atoms with van der Waals surface area (Å²) in [5.74, 6) is -0.00519. The van der Waals surface area contributed by atoms with E-state index in [1.54, 1.807) is 4.90 Å². The quantitative estimate of drug-likeness (QED) is 0.896. The molecule has 112 valence electrons. The molecule has 2 fully saturated rings. The molecule has 1 aliphatic heterocycles. The van der Waals surface area contributed by atoms with Gasteiger partial charge in [-0.3, -0.25) is 4.79 Å². The van der Waals surface area contributed by atoms with Gasteiger partial charge in [0.05, 0.1) is 0 Å². The Kier molecular flexibility index (Phi) is 3.82. The van der Waals surface area contributed by atoms with Crippen LogP contribution in [0, 0.1) is 6.92 Å². The van der Waals surface area contributed by atoms with Crippen molar-refractivity contribution in [1.29, 1.82) is 0 Å². The summed E-state index contributed by atoms with van der Waals surface area (Å²) in [5.41, 5.74) is 1.87. The van der Waals surface area contributed by atoms with Crippen molar-refractivity contribution in [3.63, 3.8) is 0 Å². The summed E-state index contributed by atoms with van der Waals surface area (Å²) >= 11 is 0. The zero-order valence-corrected chi connectivity index (χ0v) is 12.3. The first-order valence-corrected chi connectivity index (χ1v) is 7.58. The van der Waals surface area contributed by atoms with Gasteiger partial charge in [0.1, 0.15) is 6.04 Å². The predicted octanol–water partition coefficient (Wildman–Crippen LogP) is 2.27. The van der Waals surface area contributed by atoms with Crippen LogP contribution in [0.4, 0.5) is 10.5 Å². The van der Waals surface area contributed by atoms with Crippen LogP contribution < -0.4 is 10.6 Å². The van der Waals surface area contributed by atoms with Crippen LogP contribution in [0.2, 0.25) is 0 Å². The molecule has 3 rings (SSSR count). The van der Waals surface area contributed by atoms with Gasteiger partial charge >= 0.3 is 6.03 Å². The molecule has 1 aromatic carbocycles. The zero-order chi connectivity index (χ0) is 14.8.